The third-order valence-electron chi connectivity index (χ3n) is 4.09. The summed E-state index contributed by atoms with van der Waals surface area (Å²) in [6, 6.07) is 2.78. The molecule has 1 aromatic carbocycles. The predicted molar refractivity (Wildman–Crippen MR) is 85.6 cm³/mol. The highest BCUT2D eigenvalue weighted by Crippen LogP contribution is 2.28. The standard InChI is InChI=1S/C17H15F5N4O/c18-11-4-9(6-26-16(27)15-12(19)1-2-23-15)3-10(5-11)13-7-25-14(8-24-13)17(20,21)22/h3-5,7-8,12,15,23H,1-2,6H2,(H,26,27)/t12-,15-/m0/s1. The largest absolute Gasteiger partial charge is 0.434 e. The van der Waals surface area contributed by atoms with Crippen LogP contribution in [0.3, 0.4) is 0 Å². The highest BCUT2D eigenvalue weighted by atomic mass is 19.4. The molecule has 1 aliphatic rings. The van der Waals surface area contributed by atoms with Gasteiger partial charge >= 0.3 is 6.18 Å². The van der Waals surface area contributed by atoms with E-state index in [1.54, 1.807) is 0 Å². The number of alkyl halides is 4. The Kier molecular flexibility index (Phi) is 5.36. The van der Waals surface area contributed by atoms with Gasteiger partial charge in [-0.05, 0) is 36.7 Å². The van der Waals surface area contributed by atoms with Crippen LogP contribution in [0.1, 0.15) is 17.7 Å². The average molecular weight is 386 g/mol. The minimum atomic E-state index is -4.62. The fourth-order valence-corrected chi connectivity index (χ4v) is 2.75. The van der Waals surface area contributed by atoms with Gasteiger partial charge in [0, 0.05) is 12.1 Å². The van der Waals surface area contributed by atoms with Gasteiger partial charge in [0.25, 0.3) is 0 Å². The molecule has 10 heteroatoms. The van der Waals surface area contributed by atoms with E-state index < -0.39 is 35.8 Å². The van der Waals surface area contributed by atoms with Gasteiger partial charge in [-0.3, -0.25) is 9.78 Å². The van der Waals surface area contributed by atoms with Crippen LogP contribution in [0.15, 0.2) is 30.6 Å². The quantitative estimate of drug-likeness (QED) is 0.793. The first-order valence-electron chi connectivity index (χ1n) is 8.08. The Morgan fingerprint density at radius 1 is 1.22 bits per heavy atom. The lowest BCUT2D eigenvalue weighted by Gasteiger charge is -2.14. The van der Waals surface area contributed by atoms with Gasteiger partial charge in [-0.1, -0.05) is 0 Å². The zero-order valence-corrected chi connectivity index (χ0v) is 13.9. The van der Waals surface area contributed by atoms with Gasteiger partial charge in [0.1, 0.15) is 18.0 Å². The number of carbonyl (C=O) groups excluding carboxylic acids is 1. The van der Waals surface area contributed by atoms with Crippen LogP contribution in [0.2, 0.25) is 0 Å². The summed E-state index contributed by atoms with van der Waals surface area (Å²) >= 11 is 0. The summed E-state index contributed by atoms with van der Waals surface area (Å²) in [5, 5.41) is 5.25. The van der Waals surface area contributed by atoms with Crippen molar-refractivity contribution in [1.82, 2.24) is 20.6 Å². The van der Waals surface area contributed by atoms with Gasteiger partial charge < -0.3 is 10.6 Å². The van der Waals surface area contributed by atoms with Gasteiger partial charge in [0.15, 0.2) is 5.69 Å². The van der Waals surface area contributed by atoms with Crippen LogP contribution in [0.25, 0.3) is 11.3 Å². The molecule has 0 bridgehead atoms. The van der Waals surface area contributed by atoms with Crippen molar-refractivity contribution in [2.24, 2.45) is 0 Å². The number of benzene rings is 1. The van der Waals surface area contributed by atoms with Crippen LogP contribution in [-0.2, 0) is 17.5 Å². The van der Waals surface area contributed by atoms with Crippen molar-refractivity contribution in [1.29, 1.82) is 0 Å². The lowest BCUT2D eigenvalue weighted by Crippen LogP contribution is -2.44. The van der Waals surface area contributed by atoms with E-state index in [1.807, 2.05) is 0 Å². The summed E-state index contributed by atoms with van der Waals surface area (Å²) in [6.45, 7) is 0.332. The number of nitrogens with one attached hydrogen (secondary N) is 2. The second-order valence-corrected chi connectivity index (χ2v) is 6.09. The van der Waals surface area contributed by atoms with Crippen LogP contribution >= 0.6 is 0 Å². The number of amides is 1. The Bertz CT molecular complexity index is 825. The van der Waals surface area contributed by atoms with Crippen molar-refractivity contribution >= 4 is 5.91 Å². The highest BCUT2D eigenvalue weighted by Gasteiger charge is 2.33. The van der Waals surface area contributed by atoms with Crippen LogP contribution in [0, 0.1) is 5.82 Å². The summed E-state index contributed by atoms with van der Waals surface area (Å²) in [7, 11) is 0. The Hall–Kier alpha value is -2.62. The smallest absolute Gasteiger partial charge is 0.351 e. The van der Waals surface area contributed by atoms with Crippen molar-refractivity contribution in [3.05, 3.63) is 47.7 Å². The molecule has 3 rings (SSSR count). The Balaban J connectivity index is 1.73. The maximum atomic E-state index is 13.9. The van der Waals surface area contributed by atoms with E-state index in [4.69, 9.17) is 0 Å². The average Bonchev–Trinajstić information content (AvgIpc) is 3.05. The molecule has 1 saturated heterocycles. The number of aromatic nitrogens is 2. The van der Waals surface area contributed by atoms with E-state index in [-0.39, 0.29) is 24.2 Å². The third kappa shape index (κ3) is 4.57. The van der Waals surface area contributed by atoms with Gasteiger partial charge in [-0.25, -0.2) is 13.8 Å². The minimum Gasteiger partial charge on any atom is -0.351 e. The summed E-state index contributed by atoms with van der Waals surface area (Å²) in [4.78, 5) is 18.9. The molecule has 2 aromatic rings. The molecule has 1 amide bonds. The van der Waals surface area contributed by atoms with Crippen LogP contribution in [-0.4, -0.2) is 34.6 Å². The number of rotatable bonds is 4. The van der Waals surface area contributed by atoms with Crippen molar-refractivity contribution in [3.8, 4) is 11.3 Å². The fraction of sp³-hybridized carbons (Fsp3) is 0.353. The molecular formula is C17H15F5N4O. The number of carbonyl (C=O) groups is 1. The van der Waals surface area contributed by atoms with Crippen molar-refractivity contribution < 1.29 is 26.7 Å². The maximum Gasteiger partial charge on any atom is 0.434 e. The molecule has 0 saturated carbocycles. The van der Waals surface area contributed by atoms with E-state index in [0.29, 0.717) is 18.3 Å². The monoisotopic (exact) mass is 386 g/mol. The lowest BCUT2D eigenvalue weighted by molar-refractivity contribution is -0.141. The molecule has 2 N–H and O–H groups in total. The highest BCUT2D eigenvalue weighted by molar-refractivity contribution is 5.82. The van der Waals surface area contributed by atoms with Crippen LogP contribution in [0.5, 0.6) is 0 Å². The Labute approximate surface area is 151 Å². The first-order chi connectivity index (χ1) is 12.7. The molecular weight excluding hydrogens is 371 g/mol. The molecule has 2 heterocycles. The Morgan fingerprint density at radius 2 is 2.00 bits per heavy atom. The molecule has 1 fully saturated rings. The van der Waals surface area contributed by atoms with Gasteiger partial charge in [-0.15, -0.1) is 0 Å². The topological polar surface area (TPSA) is 66.9 Å². The molecule has 5 nitrogen and oxygen atoms in total. The zero-order valence-electron chi connectivity index (χ0n) is 13.9. The Morgan fingerprint density at radius 3 is 2.59 bits per heavy atom. The fourth-order valence-electron chi connectivity index (χ4n) is 2.75. The number of hydrogen-bond donors (Lipinski definition) is 2. The normalized spacial score (nSPS) is 19.9. The molecule has 0 spiro atoms. The van der Waals surface area contributed by atoms with Crippen LogP contribution in [0.4, 0.5) is 22.0 Å². The van der Waals surface area contributed by atoms with E-state index in [9.17, 15) is 26.7 Å². The SMILES string of the molecule is O=C(NCc1cc(F)cc(-c2cnc(C(F)(F)F)cn2)c1)[C@H]1NCC[C@@H]1F. The molecule has 1 aromatic heterocycles. The maximum absolute atomic E-state index is 13.9. The summed E-state index contributed by atoms with van der Waals surface area (Å²) in [5.74, 6) is -1.19. The summed E-state index contributed by atoms with van der Waals surface area (Å²) in [6.07, 6.45) is -4.19. The van der Waals surface area contributed by atoms with E-state index in [2.05, 4.69) is 20.6 Å². The third-order valence-corrected chi connectivity index (χ3v) is 4.09. The van der Waals surface area contributed by atoms with Crippen molar-refractivity contribution in [3.63, 3.8) is 0 Å². The molecule has 2 atom stereocenters. The molecule has 27 heavy (non-hydrogen) atoms. The second-order valence-electron chi connectivity index (χ2n) is 6.09. The zero-order chi connectivity index (χ0) is 19.6. The number of nitrogens with zero attached hydrogens (tertiary/aromatic N) is 2. The van der Waals surface area contributed by atoms with E-state index >= 15 is 0 Å². The first-order valence-corrected chi connectivity index (χ1v) is 8.08. The first kappa shape index (κ1) is 19.2. The molecule has 0 aliphatic carbocycles. The minimum absolute atomic E-state index is 0.0522. The van der Waals surface area contributed by atoms with Crippen molar-refractivity contribution in [2.75, 3.05) is 6.54 Å². The van der Waals surface area contributed by atoms with Gasteiger partial charge in [0.05, 0.1) is 18.1 Å². The summed E-state index contributed by atoms with van der Waals surface area (Å²) in [5.41, 5.74) is -0.535. The van der Waals surface area contributed by atoms with Crippen molar-refractivity contribution in [2.45, 2.75) is 31.4 Å². The van der Waals surface area contributed by atoms with Gasteiger partial charge in [-0.2, -0.15) is 13.2 Å². The molecule has 0 radical (unpaired) electrons. The van der Waals surface area contributed by atoms with Crippen LogP contribution < -0.4 is 10.6 Å². The number of hydrogen-bond acceptors (Lipinski definition) is 4. The number of halogens is 5. The molecule has 1 aliphatic heterocycles. The lowest BCUT2D eigenvalue weighted by atomic mass is 10.1. The van der Waals surface area contributed by atoms with E-state index in [0.717, 1.165) is 18.3 Å². The van der Waals surface area contributed by atoms with Gasteiger partial charge in [0.2, 0.25) is 5.91 Å². The van der Waals surface area contributed by atoms with E-state index in [1.165, 1.54) is 6.07 Å². The second kappa shape index (κ2) is 7.55. The molecule has 144 valence electrons. The molecule has 0 unspecified atom stereocenters. The predicted octanol–water partition coefficient (Wildman–Crippen LogP) is 2.62. The summed E-state index contributed by atoms with van der Waals surface area (Å²) < 4.78 is 65.0.